The van der Waals surface area contributed by atoms with Crippen LogP contribution in [-0.4, -0.2) is 39.4 Å². The monoisotopic (exact) mass is 682 g/mol. The molecule has 4 heteroatoms. The largest absolute Gasteiger partial charge is 0.389 e. The van der Waals surface area contributed by atoms with Crippen molar-refractivity contribution in [3.05, 3.63) is 60.8 Å². The number of carbonyl (C=O) groups excluding carboxylic acids is 1. The highest BCUT2D eigenvalue weighted by atomic mass is 16.3. The summed E-state index contributed by atoms with van der Waals surface area (Å²) in [4.78, 5) is 11.0. The summed E-state index contributed by atoms with van der Waals surface area (Å²) in [5, 5.41) is 29.0. The Balaban J connectivity index is 3.56. The van der Waals surface area contributed by atoms with E-state index in [1.54, 1.807) is 6.08 Å². The Morgan fingerprint density at radius 1 is 0.560 bits per heavy atom. The van der Waals surface area contributed by atoms with Gasteiger partial charge in [-0.25, -0.2) is 0 Å². The second kappa shape index (κ2) is 38.3. The first-order chi connectivity index (χ1) is 24.5. The van der Waals surface area contributed by atoms with Gasteiger partial charge in [0.1, 0.15) is 6.10 Å². The average Bonchev–Trinajstić information content (AvgIpc) is 3.12. The van der Waals surface area contributed by atoms with E-state index in [0.717, 1.165) is 83.5 Å². The number of aliphatic hydroxyl groups excluding tert-OH is 3. The molecule has 3 unspecified atom stereocenters. The lowest BCUT2D eigenvalue weighted by molar-refractivity contribution is -0.109. The van der Waals surface area contributed by atoms with Gasteiger partial charge in [-0.3, -0.25) is 4.79 Å². The number of aliphatic hydroxyl groups is 3. The van der Waals surface area contributed by atoms with E-state index in [-0.39, 0.29) is 5.78 Å². The van der Waals surface area contributed by atoms with Crippen LogP contribution in [0.1, 0.15) is 154 Å². The molecule has 0 amide bonds. The number of carbonyl (C=O) groups is 1. The molecule has 274 valence electrons. The van der Waals surface area contributed by atoms with Gasteiger partial charge < -0.3 is 15.3 Å². The van der Waals surface area contributed by atoms with Crippen molar-refractivity contribution in [2.75, 3.05) is 0 Å². The second-order valence-electron chi connectivity index (χ2n) is 12.8. The van der Waals surface area contributed by atoms with E-state index in [9.17, 15) is 20.1 Å². The molecule has 0 aliphatic heterocycles. The molecule has 0 aromatic rings. The van der Waals surface area contributed by atoms with Crippen molar-refractivity contribution < 1.29 is 20.1 Å². The summed E-state index contributed by atoms with van der Waals surface area (Å²) in [7, 11) is 0. The fourth-order valence-corrected chi connectivity index (χ4v) is 5.15. The molecule has 0 aromatic carbocycles. The average molecular weight is 683 g/mol. The fraction of sp³-hybridized carbons (Fsp3) is 0.587. The lowest BCUT2D eigenvalue weighted by Crippen LogP contribution is -2.04. The minimum atomic E-state index is -0.925. The Bertz CT molecular complexity index is 1180. The Labute approximate surface area is 306 Å². The quantitative estimate of drug-likeness (QED) is 0.0232. The summed E-state index contributed by atoms with van der Waals surface area (Å²) >= 11 is 0. The highest BCUT2D eigenvalue weighted by Crippen LogP contribution is 2.13. The standard InChI is InChI=1S/C46H66O4/c1-3-43(47)37-33-29-25-21-17-14-12-10-8-6-5-7-9-11-13-15-18-22-26-30-34-38-45(49)39-35-31-27-23-19-16-20-24-28-32-36-40-46(50)42-41-44(48)4-2/h1-2,13,15-16,20,26,30,33,37,41-42,44-46,48-50H,5-12,14,17-19,21-25,27-29,31-32,36,40H2/b15-13-,20-16-,30-26+,37-33+,42-41+. The number of terminal acetylenes is 2. The van der Waals surface area contributed by atoms with Crippen LogP contribution in [0.5, 0.6) is 0 Å². The maximum absolute atomic E-state index is 11.0. The van der Waals surface area contributed by atoms with Crippen LogP contribution >= 0.6 is 0 Å². The van der Waals surface area contributed by atoms with Crippen LogP contribution < -0.4 is 0 Å². The van der Waals surface area contributed by atoms with Crippen LogP contribution in [0.3, 0.4) is 0 Å². The third-order valence-electron chi connectivity index (χ3n) is 8.13. The summed E-state index contributed by atoms with van der Waals surface area (Å²) in [6.45, 7) is 0. The van der Waals surface area contributed by atoms with Crippen molar-refractivity contribution in [2.45, 2.75) is 172 Å². The van der Waals surface area contributed by atoms with Gasteiger partial charge in [-0.15, -0.1) is 12.8 Å². The highest BCUT2D eigenvalue weighted by molar-refractivity contribution is 6.03. The number of ketones is 1. The van der Waals surface area contributed by atoms with Crippen LogP contribution in [0.25, 0.3) is 0 Å². The van der Waals surface area contributed by atoms with Crippen molar-refractivity contribution >= 4 is 5.78 Å². The fourth-order valence-electron chi connectivity index (χ4n) is 5.15. The molecule has 0 radical (unpaired) electrons. The molecule has 0 rings (SSSR count). The van der Waals surface area contributed by atoms with E-state index in [1.807, 2.05) is 18.2 Å². The third-order valence-corrected chi connectivity index (χ3v) is 8.13. The van der Waals surface area contributed by atoms with Crippen molar-refractivity contribution in [3.63, 3.8) is 0 Å². The van der Waals surface area contributed by atoms with E-state index in [1.165, 1.54) is 76.4 Å². The van der Waals surface area contributed by atoms with Crippen LogP contribution in [-0.2, 0) is 4.79 Å². The minimum absolute atomic E-state index is 0.237. The van der Waals surface area contributed by atoms with Gasteiger partial charge in [-0.2, -0.15) is 0 Å². The van der Waals surface area contributed by atoms with Crippen molar-refractivity contribution in [1.29, 1.82) is 0 Å². The van der Waals surface area contributed by atoms with E-state index < -0.39 is 18.3 Å². The number of unbranched alkanes of at least 4 members (excludes halogenated alkanes) is 19. The predicted octanol–water partition coefficient (Wildman–Crippen LogP) is 10.1. The number of hydrogen-bond donors (Lipinski definition) is 3. The maximum Gasteiger partial charge on any atom is 0.228 e. The third kappa shape index (κ3) is 37.3. The number of hydrogen-bond acceptors (Lipinski definition) is 4. The first-order valence-corrected chi connectivity index (χ1v) is 19.3. The molecular weight excluding hydrogens is 617 g/mol. The van der Waals surface area contributed by atoms with E-state index in [0.29, 0.717) is 6.42 Å². The molecule has 3 N–H and O–H groups in total. The lowest BCUT2D eigenvalue weighted by atomic mass is 10.0. The van der Waals surface area contributed by atoms with Crippen molar-refractivity contribution in [2.24, 2.45) is 0 Å². The van der Waals surface area contributed by atoms with Crippen LogP contribution in [0.4, 0.5) is 0 Å². The first-order valence-electron chi connectivity index (χ1n) is 19.3. The van der Waals surface area contributed by atoms with Crippen molar-refractivity contribution in [1.82, 2.24) is 0 Å². The Morgan fingerprint density at radius 3 is 1.64 bits per heavy atom. The summed E-state index contributed by atoms with van der Waals surface area (Å²) in [5.74, 6) is 15.6. The zero-order chi connectivity index (χ0) is 36.6. The van der Waals surface area contributed by atoms with Crippen LogP contribution in [0.2, 0.25) is 0 Å². The first kappa shape index (κ1) is 46.5. The molecule has 4 nitrogen and oxygen atoms in total. The van der Waals surface area contributed by atoms with Crippen LogP contribution in [0.15, 0.2) is 60.8 Å². The van der Waals surface area contributed by atoms with Gasteiger partial charge in [0, 0.05) is 6.42 Å². The van der Waals surface area contributed by atoms with Crippen molar-refractivity contribution in [3.8, 4) is 48.4 Å². The molecule has 0 aromatic heterocycles. The summed E-state index contributed by atoms with van der Waals surface area (Å²) < 4.78 is 0. The normalized spacial score (nSPS) is 13.3. The smallest absolute Gasteiger partial charge is 0.228 e. The van der Waals surface area contributed by atoms with E-state index >= 15 is 0 Å². The maximum atomic E-state index is 11.0. The summed E-state index contributed by atoms with van der Waals surface area (Å²) in [6, 6.07) is 0. The SMILES string of the molecule is C#CC(=O)/C=C/CCCCCCCCCCCCC/C=C\CC/C=C/C#CC(O)C#CCCCC/C=C\CCCCCC(O)/C=C/C(O)C#C. The molecule has 0 saturated heterocycles. The van der Waals surface area contributed by atoms with E-state index in [4.69, 9.17) is 12.8 Å². The predicted molar refractivity (Wildman–Crippen MR) is 213 cm³/mol. The molecule has 0 aliphatic rings. The van der Waals surface area contributed by atoms with Gasteiger partial charge in [-0.05, 0) is 101 Å². The van der Waals surface area contributed by atoms with Crippen LogP contribution in [0, 0.1) is 48.4 Å². The Hall–Kier alpha value is -3.51. The van der Waals surface area contributed by atoms with E-state index in [2.05, 4.69) is 59.8 Å². The van der Waals surface area contributed by atoms with Gasteiger partial charge >= 0.3 is 0 Å². The topological polar surface area (TPSA) is 77.8 Å². The number of allylic oxidation sites excluding steroid dienone is 8. The van der Waals surface area contributed by atoms with Gasteiger partial charge in [0.25, 0.3) is 0 Å². The second-order valence-corrected chi connectivity index (χ2v) is 12.8. The van der Waals surface area contributed by atoms with Gasteiger partial charge in [0.2, 0.25) is 5.78 Å². The summed E-state index contributed by atoms with van der Waals surface area (Å²) in [6.07, 6.45) is 54.1. The minimum Gasteiger partial charge on any atom is -0.389 e. The van der Waals surface area contributed by atoms with Gasteiger partial charge in [-0.1, -0.05) is 143 Å². The van der Waals surface area contributed by atoms with Gasteiger partial charge in [0.15, 0.2) is 6.10 Å². The molecule has 0 saturated carbocycles. The Morgan fingerprint density at radius 2 is 1.06 bits per heavy atom. The summed E-state index contributed by atoms with van der Waals surface area (Å²) in [5.41, 5.74) is 0. The zero-order valence-corrected chi connectivity index (χ0v) is 30.9. The molecular formula is C46H66O4. The molecule has 0 spiro atoms. The Kier molecular flexibility index (Phi) is 35.6. The lowest BCUT2D eigenvalue weighted by Gasteiger charge is -2.05. The molecule has 3 atom stereocenters. The highest BCUT2D eigenvalue weighted by Gasteiger charge is 2.00. The molecule has 0 fully saturated rings. The molecule has 0 heterocycles. The zero-order valence-electron chi connectivity index (χ0n) is 30.9. The molecule has 0 bridgehead atoms. The number of rotatable bonds is 30. The molecule has 50 heavy (non-hydrogen) atoms. The van der Waals surface area contributed by atoms with Gasteiger partial charge in [0.05, 0.1) is 6.10 Å². The molecule has 0 aliphatic carbocycles.